The summed E-state index contributed by atoms with van der Waals surface area (Å²) in [6.45, 7) is 5.26. The van der Waals surface area contributed by atoms with Gasteiger partial charge in [-0.25, -0.2) is 4.79 Å². The van der Waals surface area contributed by atoms with E-state index in [0.29, 0.717) is 25.6 Å². The summed E-state index contributed by atoms with van der Waals surface area (Å²) >= 11 is 0. The van der Waals surface area contributed by atoms with Gasteiger partial charge in [0.2, 0.25) is 0 Å². The SMILES string of the molecule is CCN(CCO)C(=O)NCC1CCOCC1. The Hall–Kier alpha value is -0.810. The maximum absolute atomic E-state index is 11.7. The van der Waals surface area contributed by atoms with Crippen LogP contribution in [0.15, 0.2) is 0 Å². The number of hydrogen-bond acceptors (Lipinski definition) is 3. The number of nitrogens with zero attached hydrogens (tertiary/aromatic N) is 1. The van der Waals surface area contributed by atoms with E-state index in [2.05, 4.69) is 5.32 Å². The van der Waals surface area contributed by atoms with Crippen LogP contribution in [0.5, 0.6) is 0 Å². The molecule has 0 aromatic carbocycles. The Bertz CT molecular complexity index is 205. The highest BCUT2D eigenvalue weighted by atomic mass is 16.5. The van der Waals surface area contributed by atoms with Crippen LogP contribution in [-0.2, 0) is 4.74 Å². The molecule has 2 amide bonds. The lowest BCUT2D eigenvalue weighted by molar-refractivity contribution is 0.0663. The van der Waals surface area contributed by atoms with Crippen molar-refractivity contribution in [2.75, 3.05) is 39.5 Å². The van der Waals surface area contributed by atoms with Crippen LogP contribution in [0.3, 0.4) is 0 Å². The Morgan fingerprint density at radius 2 is 2.19 bits per heavy atom. The van der Waals surface area contributed by atoms with Crippen LogP contribution in [0.2, 0.25) is 0 Å². The highest BCUT2D eigenvalue weighted by Gasteiger charge is 2.16. The Morgan fingerprint density at radius 3 is 2.75 bits per heavy atom. The van der Waals surface area contributed by atoms with Crippen molar-refractivity contribution in [2.24, 2.45) is 5.92 Å². The molecule has 0 atom stereocenters. The third-order valence-corrected chi connectivity index (χ3v) is 2.92. The lowest BCUT2D eigenvalue weighted by Crippen LogP contribution is -2.43. The fourth-order valence-corrected chi connectivity index (χ4v) is 1.82. The van der Waals surface area contributed by atoms with Crippen LogP contribution >= 0.6 is 0 Å². The van der Waals surface area contributed by atoms with E-state index in [1.165, 1.54) is 0 Å². The molecule has 0 saturated carbocycles. The Balaban J connectivity index is 2.21. The highest BCUT2D eigenvalue weighted by molar-refractivity contribution is 5.74. The predicted octanol–water partition coefficient (Wildman–Crippen LogP) is 0.437. The summed E-state index contributed by atoms with van der Waals surface area (Å²) < 4.78 is 5.26. The summed E-state index contributed by atoms with van der Waals surface area (Å²) in [7, 11) is 0. The molecule has 5 heteroatoms. The maximum atomic E-state index is 11.7. The minimum absolute atomic E-state index is 0.0124. The largest absolute Gasteiger partial charge is 0.395 e. The van der Waals surface area contributed by atoms with Gasteiger partial charge in [0.15, 0.2) is 0 Å². The highest BCUT2D eigenvalue weighted by Crippen LogP contribution is 2.13. The van der Waals surface area contributed by atoms with E-state index >= 15 is 0 Å². The zero-order valence-corrected chi connectivity index (χ0v) is 9.95. The van der Waals surface area contributed by atoms with Crippen LogP contribution in [0.25, 0.3) is 0 Å². The summed E-state index contributed by atoms with van der Waals surface area (Å²) in [5.74, 6) is 0.533. The average Bonchev–Trinajstić information content (AvgIpc) is 2.34. The number of aliphatic hydroxyl groups is 1. The van der Waals surface area contributed by atoms with Crippen molar-refractivity contribution in [1.82, 2.24) is 10.2 Å². The summed E-state index contributed by atoms with van der Waals surface area (Å²) in [5.41, 5.74) is 0. The van der Waals surface area contributed by atoms with Gasteiger partial charge >= 0.3 is 6.03 Å². The first-order chi connectivity index (χ1) is 7.77. The first-order valence-electron chi connectivity index (χ1n) is 5.99. The Morgan fingerprint density at radius 1 is 1.50 bits per heavy atom. The van der Waals surface area contributed by atoms with Crippen molar-refractivity contribution in [2.45, 2.75) is 19.8 Å². The van der Waals surface area contributed by atoms with Crippen LogP contribution in [0.4, 0.5) is 4.79 Å². The molecule has 1 fully saturated rings. The second-order valence-electron chi connectivity index (χ2n) is 4.05. The van der Waals surface area contributed by atoms with Crippen LogP contribution in [0, 0.1) is 5.92 Å². The first kappa shape index (κ1) is 13.3. The third-order valence-electron chi connectivity index (χ3n) is 2.92. The van der Waals surface area contributed by atoms with Gasteiger partial charge in [-0.3, -0.25) is 0 Å². The number of carbonyl (C=O) groups is 1. The minimum Gasteiger partial charge on any atom is -0.395 e. The van der Waals surface area contributed by atoms with Crippen molar-refractivity contribution in [3.05, 3.63) is 0 Å². The van der Waals surface area contributed by atoms with Crippen molar-refractivity contribution >= 4 is 6.03 Å². The molecule has 5 nitrogen and oxygen atoms in total. The minimum atomic E-state index is -0.0805. The molecule has 16 heavy (non-hydrogen) atoms. The summed E-state index contributed by atoms with van der Waals surface area (Å²) in [6.07, 6.45) is 2.04. The zero-order valence-electron chi connectivity index (χ0n) is 9.95. The molecule has 1 heterocycles. The van der Waals surface area contributed by atoms with E-state index in [4.69, 9.17) is 9.84 Å². The number of aliphatic hydroxyl groups excluding tert-OH is 1. The number of ether oxygens (including phenoxy) is 1. The van der Waals surface area contributed by atoms with E-state index in [1.54, 1.807) is 4.90 Å². The molecule has 1 saturated heterocycles. The number of hydrogen-bond donors (Lipinski definition) is 2. The van der Waals surface area contributed by atoms with Crippen molar-refractivity contribution in [3.63, 3.8) is 0 Å². The molecule has 0 radical (unpaired) electrons. The molecule has 1 rings (SSSR count). The molecule has 0 unspecified atom stereocenters. The molecule has 0 aliphatic carbocycles. The van der Waals surface area contributed by atoms with Gasteiger partial charge in [0, 0.05) is 32.8 Å². The van der Waals surface area contributed by atoms with Gasteiger partial charge in [-0.15, -0.1) is 0 Å². The predicted molar refractivity (Wildman–Crippen MR) is 61.3 cm³/mol. The van der Waals surface area contributed by atoms with E-state index < -0.39 is 0 Å². The topological polar surface area (TPSA) is 61.8 Å². The normalized spacial score (nSPS) is 17.1. The summed E-state index contributed by atoms with van der Waals surface area (Å²) in [4.78, 5) is 13.3. The fourth-order valence-electron chi connectivity index (χ4n) is 1.82. The molecule has 0 spiro atoms. The molecule has 2 N–H and O–H groups in total. The van der Waals surface area contributed by atoms with E-state index in [1.807, 2.05) is 6.92 Å². The van der Waals surface area contributed by atoms with Gasteiger partial charge in [-0.1, -0.05) is 0 Å². The molecule has 94 valence electrons. The second-order valence-corrected chi connectivity index (χ2v) is 4.05. The van der Waals surface area contributed by atoms with Gasteiger partial charge in [-0.05, 0) is 25.7 Å². The lowest BCUT2D eigenvalue weighted by atomic mass is 10.0. The molecule has 0 aromatic rings. The van der Waals surface area contributed by atoms with Gasteiger partial charge in [0.1, 0.15) is 0 Å². The molecular formula is C11H22N2O3. The molecular weight excluding hydrogens is 208 g/mol. The smallest absolute Gasteiger partial charge is 0.317 e. The van der Waals surface area contributed by atoms with Gasteiger partial charge in [0.05, 0.1) is 6.61 Å². The standard InChI is InChI=1S/C11H22N2O3/c1-2-13(5-6-14)11(15)12-9-10-3-7-16-8-4-10/h10,14H,2-9H2,1H3,(H,12,15). The number of nitrogens with one attached hydrogen (secondary N) is 1. The number of rotatable bonds is 5. The number of urea groups is 1. The lowest BCUT2D eigenvalue weighted by Gasteiger charge is -2.25. The van der Waals surface area contributed by atoms with Gasteiger partial charge < -0.3 is 20.1 Å². The van der Waals surface area contributed by atoms with Crippen molar-refractivity contribution < 1.29 is 14.6 Å². The monoisotopic (exact) mass is 230 g/mol. The summed E-state index contributed by atoms with van der Waals surface area (Å²) in [5, 5.41) is 11.7. The second kappa shape index (κ2) is 7.46. The number of carbonyl (C=O) groups excluding carboxylic acids is 1. The van der Waals surface area contributed by atoms with Crippen LogP contribution in [0.1, 0.15) is 19.8 Å². The third kappa shape index (κ3) is 4.37. The Kier molecular flexibility index (Phi) is 6.18. The Labute approximate surface area is 96.8 Å². The molecule has 0 aromatic heterocycles. The van der Waals surface area contributed by atoms with Crippen molar-refractivity contribution in [1.29, 1.82) is 0 Å². The van der Waals surface area contributed by atoms with Crippen molar-refractivity contribution in [3.8, 4) is 0 Å². The maximum Gasteiger partial charge on any atom is 0.317 e. The number of amides is 2. The molecule has 0 bridgehead atoms. The van der Waals surface area contributed by atoms with E-state index in [-0.39, 0.29) is 12.6 Å². The van der Waals surface area contributed by atoms with Crippen LogP contribution < -0.4 is 5.32 Å². The van der Waals surface area contributed by atoms with Gasteiger partial charge in [0.25, 0.3) is 0 Å². The molecule has 1 aliphatic heterocycles. The zero-order chi connectivity index (χ0) is 11.8. The number of likely N-dealkylation sites (N-methyl/N-ethyl adjacent to an activating group) is 1. The molecule has 1 aliphatic rings. The van der Waals surface area contributed by atoms with Gasteiger partial charge in [-0.2, -0.15) is 0 Å². The summed E-state index contributed by atoms with van der Waals surface area (Å²) in [6, 6.07) is -0.0805. The van der Waals surface area contributed by atoms with E-state index in [9.17, 15) is 4.79 Å². The average molecular weight is 230 g/mol. The fraction of sp³-hybridized carbons (Fsp3) is 0.909. The van der Waals surface area contributed by atoms with Crippen LogP contribution in [-0.4, -0.2) is 55.5 Å². The first-order valence-corrected chi connectivity index (χ1v) is 5.99. The quantitative estimate of drug-likeness (QED) is 0.720. The van der Waals surface area contributed by atoms with E-state index in [0.717, 1.165) is 26.1 Å².